The molecular weight excluding hydrogens is 236 g/mol. The minimum Gasteiger partial charge on any atom is -0.309 e. The van der Waals surface area contributed by atoms with Gasteiger partial charge in [-0.05, 0) is 36.1 Å². The fraction of sp³-hybridized carbons (Fsp3) is 0.500. The first kappa shape index (κ1) is 11.2. The number of nitrogens with one attached hydrogen (secondary N) is 1. The van der Waals surface area contributed by atoms with Crippen LogP contribution in [-0.4, -0.2) is 25.8 Å². The molecule has 1 N–H and O–H groups in total. The molecule has 0 aliphatic carbocycles. The molecule has 0 bridgehead atoms. The van der Waals surface area contributed by atoms with Crippen molar-refractivity contribution in [2.24, 2.45) is 0 Å². The van der Waals surface area contributed by atoms with Crippen LogP contribution in [0.4, 0.5) is 0 Å². The molecule has 17 heavy (non-hydrogen) atoms. The van der Waals surface area contributed by atoms with Crippen molar-refractivity contribution in [3.8, 4) is 0 Å². The second-order valence-electron chi connectivity index (χ2n) is 4.65. The molecule has 92 valence electrons. The Morgan fingerprint density at radius 3 is 2.53 bits per heavy atom. The van der Waals surface area contributed by atoms with Gasteiger partial charge in [0.25, 0.3) is 0 Å². The van der Waals surface area contributed by atoms with E-state index in [0.29, 0.717) is 18.0 Å². The van der Waals surface area contributed by atoms with Gasteiger partial charge in [0, 0.05) is 26.2 Å². The van der Waals surface area contributed by atoms with Gasteiger partial charge in [0.1, 0.15) is 0 Å². The number of nitrogens with zero attached hydrogens (tertiary/aromatic N) is 1. The smallest absolute Gasteiger partial charge is 0.243 e. The zero-order chi connectivity index (χ0) is 11.9. The number of fused-ring (bicyclic) bond motifs is 1. The largest absolute Gasteiger partial charge is 0.309 e. The molecule has 0 radical (unpaired) electrons. The highest BCUT2D eigenvalue weighted by Gasteiger charge is 2.27. The molecule has 1 fully saturated rings. The average Bonchev–Trinajstić information content (AvgIpc) is 2.99. The molecule has 3 rings (SSSR count). The van der Waals surface area contributed by atoms with Crippen LogP contribution < -0.4 is 5.32 Å². The lowest BCUT2D eigenvalue weighted by atomic mass is 10.1. The van der Waals surface area contributed by atoms with Gasteiger partial charge in [-0.2, -0.15) is 4.31 Å². The van der Waals surface area contributed by atoms with Crippen LogP contribution >= 0.6 is 0 Å². The van der Waals surface area contributed by atoms with Gasteiger partial charge in [0.2, 0.25) is 10.0 Å². The summed E-state index contributed by atoms with van der Waals surface area (Å²) < 4.78 is 26.3. The first-order valence-electron chi connectivity index (χ1n) is 6.00. The van der Waals surface area contributed by atoms with Gasteiger partial charge in [0.05, 0.1) is 4.90 Å². The van der Waals surface area contributed by atoms with Crippen LogP contribution in [0.15, 0.2) is 23.1 Å². The third kappa shape index (κ3) is 1.88. The Kier molecular flexibility index (Phi) is 2.69. The fourth-order valence-corrected chi connectivity index (χ4v) is 4.08. The van der Waals surface area contributed by atoms with Gasteiger partial charge in [-0.1, -0.05) is 6.07 Å². The maximum absolute atomic E-state index is 12.3. The van der Waals surface area contributed by atoms with Gasteiger partial charge in [-0.25, -0.2) is 8.42 Å². The summed E-state index contributed by atoms with van der Waals surface area (Å²) in [7, 11) is -3.25. The van der Waals surface area contributed by atoms with Crippen molar-refractivity contribution in [1.82, 2.24) is 9.62 Å². The molecule has 1 aromatic carbocycles. The first-order valence-corrected chi connectivity index (χ1v) is 7.44. The van der Waals surface area contributed by atoms with Crippen molar-refractivity contribution >= 4 is 10.0 Å². The van der Waals surface area contributed by atoms with E-state index in [1.54, 1.807) is 10.4 Å². The van der Waals surface area contributed by atoms with Gasteiger partial charge >= 0.3 is 0 Å². The number of rotatable bonds is 2. The summed E-state index contributed by atoms with van der Waals surface area (Å²) in [5.41, 5.74) is 2.33. The predicted octanol–water partition coefficient (Wildman–Crippen LogP) is 1.07. The Labute approximate surface area is 102 Å². The van der Waals surface area contributed by atoms with Gasteiger partial charge in [0.15, 0.2) is 0 Å². The third-order valence-electron chi connectivity index (χ3n) is 3.51. The van der Waals surface area contributed by atoms with E-state index in [4.69, 9.17) is 0 Å². The molecule has 0 saturated carbocycles. The standard InChI is InChI=1S/C12H16N2O2S/c15-17(16,14-5-1-2-6-14)12-4-3-10-8-13-9-11(10)7-12/h3-4,7,13H,1-2,5-6,8-9H2. The molecule has 0 atom stereocenters. The summed E-state index contributed by atoms with van der Waals surface area (Å²) in [6.07, 6.45) is 1.96. The van der Waals surface area contributed by atoms with E-state index in [0.717, 1.165) is 31.5 Å². The second kappa shape index (κ2) is 4.08. The Balaban J connectivity index is 1.98. The predicted molar refractivity (Wildman–Crippen MR) is 65.0 cm³/mol. The minimum atomic E-state index is -3.25. The second-order valence-corrected chi connectivity index (χ2v) is 6.58. The molecule has 1 saturated heterocycles. The van der Waals surface area contributed by atoms with Crippen LogP contribution in [0.3, 0.4) is 0 Å². The number of benzene rings is 1. The van der Waals surface area contributed by atoms with Crippen molar-refractivity contribution in [2.45, 2.75) is 30.8 Å². The first-order chi connectivity index (χ1) is 8.18. The van der Waals surface area contributed by atoms with Crippen LogP contribution in [0.5, 0.6) is 0 Å². The molecule has 0 spiro atoms. The highest BCUT2D eigenvalue weighted by Crippen LogP contribution is 2.24. The lowest BCUT2D eigenvalue weighted by molar-refractivity contribution is 0.477. The van der Waals surface area contributed by atoms with Crippen LogP contribution in [-0.2, 0) is 23.1 Å². The highest BCUT2D eigenvalue weighted by atomic mass is 32.2. The van der Waals surface area contributed by atoms with E-state index in [1.165, 1.54) is 5.56 Å². The van der Waals surface area contributed by atoms with E-state index < -0.39 is 10.0 Å². The third-order valence-corrected chi connectivity index (χ3v) is 5.41. The van der Waals surface area contributed by atoms with E-state index in [1.807, 2.05) is 12.1 Å². The van der Waals surface area contributed by atoms with Crippen molar-refractivity contribution in [1.29, 1.82) is 0 Å². The van der Waals surface area contributed by atoms with Gasteiger partial charge < -0.3 is 5.32 Å². The molecular formula is C12H16N2O2S. The molecule has 0 unspecified atom stereocenters. The summed E-state index contributed by atoms with van der Waals surface area (Å²) in [5.74, 6) is 0. The normalized spacial score (nSPS) is 20.7. The zero-order valence-electron chi connectivity index (χ0n) is 9.65. The number of hydrogen-bond acceptors (Lipinski definition) is 3. The Morgan fingerprint density at radius 1 is 1.06 bits per heavy atom. The van der Waals surface area contributed by atoms with Crippen molar-refractivity contribution < 1.29 is 8.42 Å². The van der Waals surface area contributed by atoms with E-state index in [2.05, 4.69) is 5.32 Å². The van der Waals surface area contributed by atoms with Gasteiger partial charge in [-0.15, -0.1) is 0 Å². The molecule has 2 aliphatic rings. The maximum atomic E-state index is 12.3. The maximum Gasteiger partial charge on any atom is 0.243 e. The monoisotopic (exact) mass is 252 g/mol. The van der Waals surface area contributed by atoms with E-state index in [-0.39, 0.29) is 0 Å². The molecule has 2 heterocycles. The summed E-state index contributed by atoms with van der Waals surface area (Å²) >= 11 is 0. The lowest BCUT2D eigenvalue weighted by Crippen LogP contribution is -2.27. The topological polar surface area (TPSA) is 49.4 Å². The van der Waals surface area contributed by atoms with Crippen molar-refractivity contribution in [3.05, 3.63) is 29.3 Å². The minimum absolute atomic E-state index is 0.446. The van der Waals surface area contributed by atoms with Crippen LogP contribution in [0.25, 0.3) is 0 Å². The van der Waals surface area contributed by atoms with Crippen molar-refractivity contribution in [2.75, 3.05) is 13.1 Å². The molecule has 4 nitrogen and oxygen atoms in total. The fourth-order valence-electron chi connectivity index (χ4n) is 2.51. The lowest BCUT2D eigenvalue weighted by Gasteiger charge is -2.16. The van der Waals surface area contributed by atoms with Crippen LogP contribution in [0, 0.1) is 0 Å². The van der Waals surface area contributed by atoms with Gasteiger partial charge in [-0.3, -0.25) is 0 Å². The molecule has 2 aliphatic heterocycles. The Hall–Kier alpha value is -0.910. The quantitative estimate of drug-likeness (QED) is 0.856. The van der Waals surface area contributed by atoms with Crippen LogP contribution in [0.1, 0.15) is 24.0 Å². The molecule has 0 amide bonds. The summed E-state index contributed by atoms with van der Waals surface area (Å²) in [5, 5.41) is 3.23. The zero-order valence-corrected chi connectivity index (χ0v) is 10.5. The summed E-state index contributed by atoms with van der Waals surface area (Å²) in [4.78, 5) is 0.446. The van der Waals surface area contributed by atoms with E-state index >= 15 is 0 Å². The number of hydrogen-bond donors (Lipinski definition) is 1. The number of sulfonamides is 1. The Bertz CT molecular complexity index is 533. The molecule has 0 aromatic heterocycles. The summed E-state index contributed by atoms with van der Waals surface area (Å²) in [6.45, 7) is 2.95. The van der Waals surface area contributed by atoms with E-state index in [9.17, 15) is 8.42 Å². The Morgan fingerprint density at radius 2 is 1.76 bits per heavy atom. The van der Waals surface area contributed by atoms with Crippen molar-refractivity contribution in [3.63, 3.8) is 0 Å². The highest BCUT2D eigenvalue weighted by molar-refractivity contribution is 7.89. The summed E-state index contributed by atoms with van der Waals surface area (Å²) in [6, 6.07) is 5.49. The molecule has 5 heteroatoms. The SMILES string of the molecule is O=S(=O)(c1ccc2c(c1)CNC2)N1CCCC1. The van der Waals surface area contributed by atoms with Crippen LogP contribution in [0.2, 0.25) is 0 Å². The molecule has 1 aromatic rings. The average molecular weight is 252 g/mol.